The maximum atomic E-state index is 11.9. The zero-order valence-electron chi connectivity index (χ0n) is 11.9. The van der Waals surface area contributed by atoms with Crippen molar-refractivity contribution >= 4 is 5.91 Å². The number of ether oxygens (including phenoxy) is 1. The lowest BCUT2D eigenvalue weighted by Crippen LogP contribution is -2.49. The van der Waals surface area contributed by atoms with E-state index >= 15 is 0 Å². The van der Waals surface area contributed by atoms with Crippen molar-refractivity contribution in [2.45, 2.75) is 25.8 Å². The van der Waals surface area contributed by atoms with Crippen LogP contribution < -0.4 is 10.6 Å². The fourth-order valence-corrected chi connectivity index (χ4v) is 2.42. The SMILES string of the molecule is CNCC1CCN(C(C)C(=O)NCCOC)CC1. The number of hydrogen-bond donors (Lipinski definition) is 2. The van der Waals surface area contributed by atoms with E-state index in [0.29, 0.717) is 13.2 Å². The Morgan fingerprint density at radius 1 is 1.44 bits per heavy atom. The number of methoxy groups -OCH3 is 1. The van der Waals surface area contributed by atoms with Crippen molar-refractivity contribution in [3.63, 3.8) is 0 Å². The highest BCUT2D eigenvalue weighted by Gasteiger charge is 2.25. The van der Waals surface area contributed by atoms with Gasteiger partial charge in [0, 0.05) is 13.7 Å². The second-order valence-electron chi connectivity index (χ2n) is 5.00. The smallest absolute Gasteiger partial charge is 0.237 e. The van der Waals surface area contributed by atoms with E-state index < -0.39 is 0 Å². The predicted molar refractivity (Wildman–Crippen MR) is 72.6 cm³/mol. The molecule has 1 amide bonds. The first-order valence-electron chi connectivity index (χ1n) is 6.84. The van der Waals surface area contributed by atoms with Crippen molar-refractivity contribution in [3.05, 3.63) is 0 Å². The van der Waals surface area contributed by atoms with Crippen LogP contribution in [-0.2, 0) is 9.53 Å². The normalized spacial score (nSPS) is 19.7. The number of likely N-dealkylation sites (tertiary alicyclic amines) is 1. The van der Waals surface area contributed by atoms with Gasteiger partial charge in [0.2, 0.25) is 5.91 Å². The molecule has 0 bridgehead atoms. The third-order valence-electron chi connectivity index (χ3n) is 3.67. The third kappa shape index (κ3) is 4.92. The van der Waals surface area contributed by atoms with E-state index in [1.807, 2.05) is 14.0 Å². The van der Waals surface area contributed by atoms with E-state index in [2.05, 4.69) is 15.5 Å². The second kappa shape index (κ2) is 8.45. The lowest BCUT2D eigenvalue weighted by molar-refractivity contribution is -0.126. The van der Waals surface area contributed by atoms with Crippen LogP contribution in [0.25, 0.3) is 0 Å². The molecule has 0 aliphatic carbocycles. The van der Waals surface area contributed by atoms with Crippen molar-refractivity contribution in [2.24, 2.45) is 5.92 Å². The molecule has 18 heavy (non-hydrogen) atoms. The summed E-state index contributed by atoms with van der Waals surface area (Å²) in [6, 6.07) is -0.0302. The summed E-state index contributed by atoms with van der Waals surface area (Å²) in [5, 5.41) is 6.13. The molecule has 1 fully saturated rings. The monoisotopic (exact) mass is 257 g/mol. The van der Waals surface area contributed by atoms with Crippen LogP contribution in [0.4, 0.5) is 0 Å². The van der Waals surface area contributed by atoms with Crippen molar-refractivity contribution in [1.82, 2.24) is 15.5 Å². The topological polar surface area (TPSA) is 53.6 Å². The lowest BCUT2D eigenvalue weighted by atomic mass is 9.96. The van der Waals surface area contributed by atoms with Crippen LogP contribution in [0, 0.1) is 5.92 Å². The second-order valence-corrected chi connectivity index (χ2v) is 5.00. The summed E-state index contributed by atoms with van der Waals surface area (Å²) in [7, 11) is 3.64. The van der Waals surface area contributed by atoms with Crippen LogP contribution in [0.15, 0.2) is 0 Å². The molecular weight excluding hydrogens is 230 g/mol. The molecule has 1 aliphatic rings. The Kier molecular flexibility index (Phi) is 7.23. The van der Waals surface area contributed by atoms with E-state index in [1.165, 1.54) is 12.8 Å². The van der Waals surface area contributed by atoms with Crippen LogP contribution >= 0.6 is 0 Å². The van der Waals surface area contributed by atoms with Crippen molar-refractivity contribution < 1.29 is 9.53 Å². The molecule has 0 aromatic carbocycles. The Morgan fingerprint density at radius 3 is 2.67 bits per heavy atom. The van der Waals surface area contributed by atoms with E-state index in [0.717, 1.165) is 25.6 Å². The Hall–Kier alpha value is -0.650. The molecule has 5 nitrogen and oxygen atoms in total. The Balaban J connectivity index is 2.26. The molecular formula is C13H27N3O2. The van der Waals surface area contributed by atoms with E-state index in [-0.39, 0.29) is 11.9 Å². The van der Waals surface area contributed by atoms with Gasteiger partial charge in [0.15, 0.2) is 0 Å². The molecule has 2 N–H and O–H groups in total. The first kappa shape index (κ1) is 15.4. The summed E-state index contributed by atoms with van der Waals surface area (Å²) >= 11 is 0. The number of nitrogens with zero attached hydrogens (tertiary/aromatic N) is 1. The van der Waals surface area contributed by atoms with E-state index in [9.17, 15) is 4.79 Å². The summed E-state index contributed by atoms with van der Waals surface area (Å²) in [5.74, 6) is 0.870. The highest BCUT2D eigenvalue weighted by molar-refractivity contribution is 5.81. The molecule has 0 aromatic rings. The molecule has 1 rings (SSSR count). The summed E-state index contributed by atoms with van der Waals surface area (Å²) in [6.07, 6.45) is 2.35. The number of carbonyl (C=O) groups excluding carboxylic acids is 1. The van der Waals surface area contributed by atoms with Crippen LogP contribution in [-0.4, -0.2) is 63.8 Å². The molecule has 5 heteroatoms. The Morgan fingerprint density at radius 2 is 2.11 bits per heavy atom. The van der Waals surface area contributed by atoms with E-state index in [1.54, 1.807) is 7.11 Å². The van der Waals surface area contributed by atoms with Crippen molar-refractivity contribution in [3.8, 4) is 0 Å². The van der Waals surface area contributed by atoms with Crippen LogP contribution in [0.1, 0.15) is 19.8 Å². The lowest BCUT2D eigenvalue weighted by Gasteiger charge is -2.35. The molecule has 106 valence electrons. The first-order valence-corrected chi connectivity index (χ1v) is 6.84. The fourth-order valence-electron chi connectivity index (χ4n) is 2.42. The minimum Gasteiger partial charge on any atom is -0.383 e. The Bertz CT molecular complexity index is 240. The van der Waals surface area contributed by atoms with Gasteiger partial charge in [-0.1, -0.05) is 0 Å². The average Bonchev–Trinajstić information content (AvgIpc) is 2.39. The average molecular weight is 257 g/mol. The van der Waals surface area contributed by atoms with Gasteiger partial charge in [-0.25, -0.2) is 0 Å². The molecule has 0 aromatic heterocycles. The molecule has 1 saturated heterocycles. The van der Waals surface area contributed by atoms with Crippen LogP contribution in [0.2, 0.25) is 0 Å². The summed E-state index contributed by atoms with van der Waals surface area (Å²) in [5.41, 5.74) is 0. The summed E-state index contributed by atoms with van der Waals surface area (Å²) in [6.45, 7) is 6.28. The van der Waals surface area contributed by atoms with Gasteiger partial charge in [-0.3, -0.25) is 9.69 Å². The fraction of sp³-hybridized carbons (Fsp3) is 0.923. The zero-order chi connectivity index (χ0) is 13.4. The molecule has 1 heterocycles. The number of piperidine rings is 1. The minimum atomic E-state index is -0.0302. The van der Waals surface area contributed by atoms with Gasteiger partial charge in [0.25, 0.3) is 0 Å². The highest BCUT2D eigenvalue weighted by atomic mass is 16.5. The largest absolute Gasteiger partial charge is 0.383 e. The maximum absolute atomic E-state index is 11.9. The molecule has 1 unspecified atom stereocenters. The molecule has 0 saturated carbocycles. The van der Waals surface area contributed by atoms with Gasteiger partial charge in [-0.05, 0) is 52.4 Å². The maximum Gasteiger partial charge on any atom is 0.237 e. The number of rotatable bonds is 7. The quantitative estimate of drug-likeness (QED) is 0.634. The number of hydrogen-bond acceptors (Lipinski definition) is 4. The van der Waals surface area contributed by atoms with E-state index in [4.69, 9.17) is 4.74 Å². The van der Waals surface area contributed by atoms with Gasteiger partial charge in [0.1, 0.15) is 0 Å². The first-order chi connectivity index (χ1) is 8.69. The molecule has 0 radical (unpaired) electrons. The minimum absolute atomic E-state index is 0.0302. The van der Waals surface area contributed by atoms with Crippen molar-refractivity contribution in [1.29, 1.82) is 0 Å². The number of carbonyl (C=O) groups is 1. The van der Waals surface area contributed by atoms with Crippen LogP contribution in [0.5, 0.6) is 0 Å². The number of nitrogens with one attached hydrogen (secondary N) is 2. The number of amides is 1. The highest BCUT2D eigenvalue weighted by Crippen LogP contribution is 2.18. The van der Waals surface area contributed by atoms with Gasteiger partial charge in [0.05, 0.1) is 12.6 Å². The van der Waals surface area contributed by atoms with Crippen LogP contribution in [0.3, 0.4) is 0 Å². The predicted octanol–water partition coefficient (Wildman–Crippen LogP) is 0.0689. The van der Waals surface area contributed by atoms with Gasteiger partial charge >= 0.3 is 0 Å². The van der Waals surface area contributed by atoms with Gasteiger partial charge in [-0.2, -0.15) is 0 Å². The third-order valence-corrected chi connectivity index (χ3v) is 3.67. The molecule has 1 atom stereocenters. The van der Waals surface area contributed by atoms with Gasteiger partial charge in [-0.15, -0.1) is 0 Å². The van der Waals surface area contributed by atoms with Gasteiger partial charge < -0.3 is 15.4 Å². The summed E-state index contributed by atoms with van der Waals surface area (Å²) in [4.78, 5) is 14.2. The zero-order valence-corrected chi connectivity index (χ0v) is 11.9. The summed E-state index contributed by atoms with van der Waals surface area (Å²) < 4.78 is 4.92. The Labute approximate surface area is 110 Å². The molecule has 0 spiro atoms. The standard InChI is InChI=1S/C13H27N3O2/c1-11(13(17)15-6-9-18-3)16-7-4-12(5-8-16)10-14-2/h11-12,14H,4-10H2,1-3H3,(H,15,17). The molecule has 1 aliphatic heterocycles. The van der Waals surface area contributed by atoms with Crippen molar-refractivity contribution in [2.75, 3.05) is 46.9 Å².